The fraction of sp³-hybridized carbons (Fsp3) is 0.525. The molecule has 0 radical (unpaired) electrons. The van der Waals surface area contributed by atoms with Crippen LogP contribution in [0.15, 0.2) is 72.8 Å². The largest absolute Gasteiger partial charge is 0.495 e. The van der Waals surface area contributed by atoms with Crippen LogP contribution in [0.2, 0.25) is 0 Å². The second-order valence-corrected chi connectivity index (χ2v) is 24.1. The van der Waals surface area contributed by atoms with Gasteiger partial charge in [-0.25, -0.2) is 24.5 Å². The molecule has 6 heterocycles. The van der Waals surface area contributed by atoms with Crippen molar-refractivity contribution in [2.45, 2.75) is 132 Å². The Morgan fingerprint density at radius 2 is 0.934 bits per heavy atom. The Bertz CT molecular complexity index is 2800. The van der Waals surface area contributed by atoms with E-state index in [9.17, 15) is 40.3 Å². The van der Waals surface area contributed by atoms with Crippen LogP contribution < -0.4 is 44.8 Å². The molecule has 4 amide bonds. The summed E-state index contributed by atoms with van der Waals surface area (Å²) in [5.74, 6) is 0.118. The molecule has 0 saturated carbocycles. The molecule has 3 aromatic heterocycles. The summed E-state index contributed by atoms with van der Waals surface area (Å²) in [6, 6.07) is 19.8. The number of nitrogens with two attached hydrogens (primary N) is 5. The van der Waals surface area contributed by atoms with E-state index in [1.54, 1.807) is 54.6 Å². The number of benzene rings is 2. The van der Waals surface area contributed by atoms with Crippen molar-refractivity contribution in [1.82, 2.24) is 24.8 Å². The van der Waals surface area contributed by atoms with Crippen LogP contribution in [0.1, 0.15) is 106 Å². The van der Waals surface area contributed by atoms with Gasteiger partial charge >= 0.3 is 31.5 Å². The molecule has 0 unspecified atom stereocenters. The average molecular weight is 1540 g/mol. The lowest BCUT2D eigenvalue weighted by molar-refractivity contribution is -0.144. The maximum absolute atomic E-state index is 12.6. The van der Waals surface area contributed by atoms with Crippen molar-refractivity contribution in [2.75, 3.05) is 105 Å². The quantitative estimate of drug-likeness (QED) is 0.0265. The van der Waals surface area contributed by atoms with E-state index in [0.717, 1.165) is 74.5 Å². The summed E-state index contributed by atoms with van der Waals surface area (Å²) in [6.07, 6.45) is -9.42. The van der Waals surface area contributed by atoms with Crippen LogP contribution in [0.5, 0.6) is 0 Å². The maximum Gasteiger partial charge on any atom is 0.495 e. The maximum atomic E-state index is 12.6. The van der Waals surface area contributed by atoms with Crippen LogP contribution in [0.3, 0.4) is 0 Å². The highest BCUT2D eigenvalue weighted by atomic mass is 127. The predicted molar refractivity (Wildman–Crippen MR) is 373 cm³/mol. The van der Waals surface area contributed by atoms with Gasteiger partial charge in [0.05, 0.1) is 11.2 Å². The van der Waals surface area contributed by atoms with Gasteiger partial charge in [0, 0.05) is 103 Å². The molecule has 0 aliphatic carbocycles. The van der Waals surface area contributed by atoms with Gasteiger partial charge in [-0.3, -0.25) is 0 Å². The lowest BCUT2D eigenvalue weighted by atomic mass is 9.76. The second-order valence-electron chi connectivity index (χ2n) is 21.6. The number of nitrogen functional groups attached to an aromatic ring is 5. The zero-order valence-corrected chi connectivity index (χ0v) is 59.3. The summed E-state index contributed by atoms with van der Waals surface area (Å²) in [4.78, 5) is 38.9. The number of hydrogen-bond acceptors (Lipinski definition) is 15. The van der Waals surface area contributed by atoms with E-state index >= 15 is 0 Å². The first-order valence-corrected chi connectivity index (χ1v) is 31.5. The number of aryl methyl sites for hydroxylation is 2. The number of carbonyl (C=O) groups is 2. The minimum absolute atomic E-state index is 0. The van der Waals surface area contributed by atoms with Gasteiger partial charge in [0.25, 0.3) is 0 Å². The molecule has 510 valence electrons. The lowest BCUT2D eigenvalue weighted by Crippen LogP contribution is -2.41. The Kier molecular flexibility index (Phi) is 37.4. The predicted octanol–water partition coefficient (Wildman–Crippen LogP) is 13.6. The zero-order valence-electron chi connectivity index (χ0n) is 53.9. The van der Waals surface area contributed by atoms with E-state index in [4.69, 9.17) is 52.2 Å². The van der Waals surface area contributed by atoms with Crippen molar-refractivity contribution >= 4 is 124 Å². The first-order chi connectivity index (χ1) is 42.0. The molecule has 5 aromatic rings. The van der Waals surface area contributed by atoms with E-state index < -0.39 is 73.4 Å². The average Bonchev–Trinajstić information content (AvgIpc) is 1.81. The van der Waals surface area contributed by atoms with Crippen LogP contribution in [0.25, 0.3) is 11.1 Å². The number of ether oxygens (including phenoxy) is 3. The normalized spacial score (nSPS) is 16.0. The SMILES string of the molecule is CCOCC.CCOCC.CCOCC.Cc1ccc(NC(=O)N2CC[C@@H](CC(F)(F)F)C2)cc1-c1cc(N)nc(N)c1.Cc1ccc(NC(=O)N2CC[C@@H](CC(F)(F)F)C2)cc1B1OC(C)(C)C(C)(C)O1.Nc1cc(I)cc(F)n1.Nc1cc(I)cc(N)n1.S. The molecule has 19 nitrogen and oxygen atoms in total. The number of rotatable bonds is 12. The molecular weight excluding hydrogens is 1440 g/mol. The molecule has 8 rings (SSSR count). The fourth-order valence-electron chi connectivity index (χ4n) is 8.74. The number of alkyl halides is 6. The molecule has 2 atom stereocenters. The molecule has 3 saturated heterocycles. The third-order valence-corrected chi connectivity index (χ3v) is 15.0. The van der Waals surface area contributed by atoms with Gasteiger partial charge in [-0.1, -0.05) is 17.7 Å². The summed E-state index contributed by atoms with van der Waals surface area (Å²) in [7, 11) is -0.556. The number of likely N-dealkylation sites (tertiary alicyclic amines) is 2. The first-order valence-electron chi connectivity index (χ1n) is 29.3. The highest BCUT2D eigenvalue weighted by molar-refractivity contribution is 14.1. The van der Waals surface area contributed by atoms with Crippen LogP contribution in [-0.2, 0) is 23.5 Å². The number of amides is 4. The van der Waals surface area contributed by atoms with Gasteiger partial charge in [0.2, 0.25) is 5.95 Å². The number of anilines is 7. The standard InChI is InChI=1S/C20H28BF3N2O3.C19H22F3N5O.C5H4FIN2.C5H6IN3.3C4H10O.H2S/c1-13-6-7-15(10-16(13)21-28-18(2,3)19(4,5)29-21)25-17(27)26-9-8-14(12-26)11-20(22,23)24;1-11-2-3-14(8-15(11)13-6-16(23)26-17(24)7-13)25-18(28)27-5-4-12(10-27)9-19(20,21)22;6-4-1-3(7)2-5(8)9-4;6-3-1-4(7)9-5(8)2-3;3*1-3-5-4-2;/h6-7,10,14H,8-9,11-12H2,1-5H3,(H,25,27);2-3,6-8,12H,4-5,9-10H2,1H3,(H,25,28)(H4,23,24,26);1-2H,(H2,8,9);1-2H,(H4,7,8,9);3*3-4H2,1-2H3;1H2/t14-;12-;;;;;;/m00....../s1. The third-order valence-electron chi connectivity index (χ3n) is 13.7. The fourth-order valence-corrected chi connectivity index (χ4v) is 9.96. The molecule has 3 aliphatic rings. The zero-order chi connectivity index (χ0) is 68.2. The minimum atomic E-state index is -4.21. The number of aromatic nitrogens is 3. The Morgan fingerprint density at radius 1 is 0.582 bits per heavy atom. The molecule has 0 bridgehead atoms. The monoisotopic (exact) mass is 1530 g/mol. The highest BCUT2D eigenvalue weighted by Gasteiger charge is 2.52. The smallest absolute Gasteiger partial charge is 0.399 e. The Labute approximate surface area is 566 Å². The van der Waals surface area contributed by atoms with E-state index in [0.29, 0.717) is 48.9 Å². The lowest BCUT2D eigenvalue weighted by Gasteiger charge is -2.32. The molecular formula is C61H92BF7I2N12O7S. The topological polar surface area (TPSA) is 280 Å². The van der Waals surface area contributed by atoms with E-state index in [2.05, 4.69) is 48.2 Å². The summed E-state index contributed by atoms with van der Waals surface area (Å²) in [5, 5.41) is 5.56. The van der Waals surface area contributed by atoms with Gasteiger partial charge in [-0.2, -0.15) is 44.2 Å². The van der Waals surface area contributed by atoms with Crippen LogP contribution in [-0.4, -0.2) is 133 Å². The van der Waals surface area contributed by atoms with Gasteiger partial charge in [0.15, 0.2) is 0 Å². The van der Waals surface area contributed by atoms with Crippen molar-refractivity contribution < 1.29 is 63.8 Å². The van der Waals surface area contributed by atoms with Crippen LogP contribution in [0.4, 0.5) is 80.8 Å². The van der Waals surface area contributed by atoms with Crippen molar-refractivity contribution in [2.24, 2.45) is 11.8 Å². The van der Waals surface area contributed by atoms with Crippen LogP contribution in [0, 0.1) is 38.8 Å². The van der Waals surface area contributed by atoms with Gasteiger partial charge in [-0.05, 0) is 230 Å². The first kappa shape index (κ1) is 83.6. The Morgan fingerprint density at radius 3 is 1.27 bits per heavy atom. The summed E-state index contributed by atoms with van der Waals surface area (Å²) in [6.45, 7) is 29.6. The number of urea groups is 2. The number of nitrogens with zero attached hydrogens (tertiary/aromatic N) is 5. The van der Waals surface area contributed by atoms with Crippen LogP contribution >= 0.6 is 58.7 Å². The van der Waals surface area contributed by atoms with E-state index in [1.807, 2.05) is 118 Å². The van der Waals surface area contributed by atoms with Gasteiger partial charge in [-0.15, -0.1) is 0 Å². The Hall–Kier alpha value is -5.39. The Balaban J connectivity index is 0.000000608. The van der Waals surface area contributed by atoms with E-state index in [-0.39, 0.29) is 44.0 Å². The molecule has 3 fully saturated rings. The molecule has 0 spiro atoms. The summed E-state index contributed by atoms with van der Waals surface area (Å²) in [5.41, 5.74) is 31.9. The summed E-state index contributed by atoms with van der Waals surface area (Å²) >= 11 is 4.10. The molecule has 30 heteroatoms. The molecule has 12 N–H and O–H groups in total. The van der Waals surface area contributed by atoms with Crippen molar-refractivity contribution in [3.8, 4) is 11.1 Å². The van der Waals surface area contributed by atoms with Crippen molar-refractivity contribution in [1.29, 1.82) is 0 Å². The molecule has 3 aliphatic heterocycles. The van der Waals surface area contributed by atoms with E-state index in [1.165, 1.54) is 15.9 Å². The number of hydrogen-bond donors (Lipinski definition) is 7. The number of pyridine rings is 3. The second kappa shape index (κ2) is 40.7. The van der Waals surface area contributed by atoms with Gasteiger partial charge < -0.3 is 72.6 Å². The van der Waals surface area contributed by atoms with Gasteiger partial charge in [0.1, 0.15) is 29.1 Å². The highest BCUT2D eigenvalue weighted by Crippen LogP contribution is 2.38. The van der Waals surface area contributed by atoms with Crippen molar-refractivity contribution in [3.05, 3.63) is 97.0 Å². The number of nitrogens with one attached hydrogen (secondary N) is 2. The summed E-state index contributed by atoms with van der Waals surface area (Å²) < 4.78 is 116. The molecule has 2 aromatic carbocycles. The number of carbonyl (C=O) groups excluding carboxylic acids is 2. The minimum Gasteiger partial charge on any atom is -0.399 e. The number of halogens is 9. The third kappa shape index (κ3) is 32.3. The van der Waals surface area contributed by atoms with Crippen molar-refractivity contribution in [3.63, 3.8) is 0 Å². The molecule has 91 heavy (non-hydrogen) atoms.